The van der Waals surface area contributed by atoms with Gasteiger partial charge in [0, 0.05) is 16.8 Å². The van der Waals surface area contributed by atoms with Crippen molar-refractivity contribution in [3.05, 3.63) is 42.5 Å². The highest BCUT2D eigenvalue weighted by atomic mass is 16.5. The lowest BCUT2D eigenvalue weighted by molar-refractivity contribution is 0.415. The number of nitrogens with zero attached hydrogens (tertiary/aromatic N) is 2. The van der Waals surface area contributed by atoms with Crippen LogP contribution in [0.25, 0.3) is 21.8 Å². The third-order valence-corrected chi connectivity index (χ3v) is 2.66. The molecule has 1 heterocycles. The summed E-state index contributed by atoms with van der Waals surface area (Å²) in [5.41, 5.74) is 1.78. The first-order valence-electron chi connectivity index (χ1n) is 5.07. The lowest BCUT2D eigenvalue weighted by Gasteiger charge is -2.03. The summed E-state index contributed by atoms with van der Waals surface area (Å²) in [6.45, 7) is 0. The van der Waals surface area contributed by atoms with Crippen molar-refractivity contribution in [2.75, 3.05) is 7.11 Å². The number of benzene rings is 2. The van der Waals surface area contributed by atoms with Crippen molar-refractivity contribution < 1.29 is 4.74 Å². The van der Waals surface area contributed by atoms with Crippen LogP contribution in [0.5, 0.6) is 5.75 Å². The van der Waals surface area contributed by atoms with Crippen molar-refractivity contribution in [2.24, 2.45) is 0 Å². The summed E-state index contributed by atoms with van der Waals surface area (Å²) in [7, 11) is 1.65. The standard InChI is InChI=1S/C13H10N2O/c1-16-9-6-7-11-10-4-2-3-5-12(10)14-15-13(11)8-9/h2-8H,1H3. The molecule has 3 heteroatoms. The van der Waals surface area contributed by atoms with Crippen LogP contribution >= 0.6 is 0 Å². The van der Waals surface area contributed by atoms with E-state index in [1.807, 2.05) is 36.4 Å². The van der Waals surface area contributed by atoms with Crippen molar-refractivity contribution in [1.82, 2.24) is 10.2 Å². The third kappa shape index (κ3) is 1.29. The van der Waals surface area contributed by atoms with Gasteiger partial charge in [0.15, 0.2) is 0 Å². The predicted octanol–water partition coefficient (Wildman–Crippen LogP) is 2.79. The first kappa shape index (κ1) is 9.09. The van der Waals surface area contributed by atoms with Crippen molar-refractivity contribution in [3.8, 4) is 5.75 Å². The molecule has 0 radical (unpaired) electrons. The topological polar surface area (TPSA) is 35.0 Å². The fourth-order valence-electron chi connectivity index (χ4n) is 1.85. The van der Waals surface area contributed by atoms with Crippen molar-refractivity contribution in [3.63, 3.8) is 0 Å². The van der Waals surface area contributed by atoms with Gasteiger partial charge in [-0.15, -0.1) is 10.2 Å². The summed E-state index contributed by atoms with van der Waals surface area (Å²) < 4.78 is 5.17. The average Bonchev–Trinajstić information content (AvgIpc) is 2.38. The Balaban J connectivity index is 2.43. The highest BCUT2D eigenvalue weighted by Gasteiger charge is 2.03. The maximum absolute atomic E-state index is 5.17. The Morgan fingerprint density at radius 2 is 1.62 bits per heavy atom. The predicted molar refractivity (Wildman–Crippen MR) is 63.6 cm³/mol. The molecule has 78 valence electrons. The molecule has 0 aliphatic carbocycles. The van der Waals surface area contributed by atoms with E-state index in [0.29, 0.717) is 0 Å². The van der Waals surface area contributed by atoms with Crippen molar-refractivity contribution >= 4 is 21.8 Å². The molecular formula is C13H10N2O. The quantitative estimate of drug-likeness (QED) is 0.579. The van der Waals surface area contributed by atoms with Gasteiger partial charge >= 0.3 is 0 Å². The molecule has 0 unspecified atom stereocenters. The smallest absolute Gasteiger partial charge is 0.121 e. The summed E-state index contributed by atoms with van der Waals surface area (Å²) in [4.78, 5) is 0. The molecule has 16 heavy (non-hydrogen) atoms. The van der Waals surface area contributed by atoms with Gasteiger partial charge in [0.1, 0.15) is 5.75 Å². The summed E-state index contributed by atoms with van der Waals surface area (Å²) in [5, 5.41) is 10.6. The van der Waals surface area contributed by atoms with E-state index in [1.54, 1.807) is 7.11 Å². The lowest BCUT2D eigenvalue weighted by Crippen LogP contribution is -1.88. The van der Waals surface area contributed by atoms with Gasteiger partial charge < -0.3 is 4.74 Å². The van der Waals surface area contributed by atoms with E-state index in [1.165, 1.54) is 0 Å². The Morgan fingerprint density at radius 3 is 2.50 bits per heavy atom. The molecule has 3 nitrogen and oxygen atoms in total. The molecule has 0 spiro atoms. The van der Waals surface area contributed by atoms with Gasteiger partial charge in [-0.05, 0) is 18.2 Å². The highest BCUT2D eigenvalue weighted by Crippen LogP contribution is 2.24. The number of methoxy groups -OCH3 is 1. The minimum absolute atomic E-state index is 0.803. The summed E-state index contributed by atoms with van der Waals surface area (Å²) in [5.74, 6) is 0.803. The molecule has 1 aromatic heterocycles. The van der Waals surface area contributed by atoms with Crippen LogP contribution in [-0.4, -0.2) is 17.3 Å². The number of rotatable bonds is 1. The molecule has 0 fully saturated rings. The van der Waals surface area contributed by atoms with Gasteiger partial charge in [-0.3, -0.25) is 0 Å². The summed E-state index contributed by atoms with van der Waals surface area (Å²) in [6, 6.07) is 13.8. The van der Waals surface area contributed by atoms with E-state index in [9.17, 15) is 0 Å². The first-order chi connectivity index (χ1) is 7.88. The maximum Gasteiger partial charge on any atom is 0.121 e. The summed E-state index contributed by atoms with van der Waals surface area (Å²) >= 11 is 0. The average molecular weight is 210 g/mol. The van der Waals surface area contributed by atoms with Crippen LogP contribution in [0.3, 0.4) is 0 Å². The fourth-order valence-corrected chi connectivity index (χ4v) is 1.85. The second-order valence-corrected chi connectivity index (χ2v) is 3.60. The van der Waals surface area contributed by atoms with Gasteiger partial charge in [0.05, 0.1) is 18.1 Å². The molecule has 0 aliphatic heterocycles. The number of aromatic nitrogens is 2. The zero-order valence-corrected chi connectivity index (χ0v) is 8.84. The third-order valence-electron chi connectivity index (χ3n) is 2.66. The minimum atomic E-state index is 0.803. The van der Waals surface area contributed by atoms with Crippen LogP contribution in [0, 0.1) is 0 Å². The van der Waals surface area contributed by atoms with E-state index in [4.69, 9.17) is 4.74 Å². The molecular weight excluding hydrogens is 200 g/mol. The SMILES string of the molecule is COc1ccc2c(c1)nnc1ccccc12. The zero-order chi connectivity index (χ0) is 11.0. The Bertz CT molecular complexity index is 664. The molecule has 0 amide bonds. The Labute approximate surface area is 92.7 Å². The highest BCUT2D eigenvalue weighted by molar-refractivity contribution is 6.03. The minimum Gasteiger partial charge on any atom is -0.497 e. The second kappa shape index (κ2) is 3.45. The van der Waals surface area contributed by atoms with E-state index < -0.39 is 0 Å². The molecule has 0 atom stereocenters. The second-order valence-electron chi connectivity index (χ2n) is 3.60. The maximum atomic E-state index is 5.17. The van der Waals surface area contributed by atoms with Gasteiger partial charge in [-0.25, -0.2) is 0 Å². The van der Waals surface area contributed by atoms with Crippen LogP contribution in [0.15, 0.2) is 42.5 Å². The van der Waals surface area contributed by atoms with Crippen molar-refractivity contribution in [2.45, 2.75) is 0 Å². The largest absolute Gasteiger partial charge is 0.497 e. The van der Waals surface area contributed by atoms with E-state index in [0.717, 1.165) is 27.6 Å². The van der Waals surface area contributed by atoms with Crippen LogP contribution in [0.2, 0.25) is 0 Å². The van der Waals surface area contributed by atoms with Crippen molar-refractivity contribution in [1.29, 1.82) is 0 Å². The van der Waals surface area contributed by atoms with Crippen LogP contribution in [0.4, 0.5) is 0 Å². The monoisotopic (exact) mass is 210 g/mol. The lowest BCUT2D eigenvalue weighted by atomic mass is 10.1. The van der Waals surface area contributed by atoms with Crippen LogP contribution in [-0.2, 0) is 0 Å². The number of hydrogen-bond acceptors (Lipinski definition) is 3. The van der Waals surface area contributed by atoms with Gasteiger partial charge in [0.2, 0.25) is 0 Å². The van der Waals surface area contributed by atoms with Crippen LogP contribution in [0.1, 0.15) is 0 Å². The normalized spacial score (nSPS) is 10.8. The number of hydrogen-bond donors (Lipinski definition) is 0. The van der Waals surface area contributed by atoms with E-state index in [-0.39, 0.29) is 0 Å². The molecule has 2 aromatic carbocycles. The van der Waals surface area contributed by atoms with Gasteiger partial charge in [0.25, 0.3) is 0 Å². The molecule has 0 N–H and O–H groups in total. The molecule has 0 aliphatic rings. The van der Waals surface area contributed by atoms with Gasteiger partial charge in [-0.1, -0.05) is 18.2 Å². The molecule has 0 saturated heterocycles. The van der Waals surface area contributed by atoms with E-state index >= 15 is 0 Å². The van der Waals surface area contributed by atoms with E-state index in [2.05, 4.69) is 16.3 Å². The molecule has 0 saturated carbocycles. The van der Waals surface area contributed by atoms with Gasteiger partial charge in [-0.2, -0.15) is 0 Å². The number of ether oxygens (including phenoxy) is 1. The summed E-state index contributed by atoms with van der Waals surface area (Å²) in [6.07, 6.45) is 0. The molecule has 3 rings (SSSR count). The fraction of sp³-hybridized carbons (Fsp3) is 0.0769. The number of fused-ring (bicyclic) bond motifs is 3. The molecule has 0 bridgehead atoms. The van der Waals surface area contributed by atoms with Crippen LogP contribution < -0.4 is 4.74 Å². The first-order valence-corrected chi connectivity index (χ1v) is 5.07. The Morgan fingerprint density at radius 1 is 0.875 bits per heavy atom. The Hall–Kier alpha value is -2.16. The molecule has 3 aromatic rings. The zero-order valence-electron chi connectivity index (χ0n) is 8.84. The Kier molecular flexibility index (Phi) is 1.96.